The van der Waals surface area contributed by atoms with Gasteiger partial charge in [0.1, 0.15) is 11.5 Å². The predicted octanol–water partition coefficient (Wildman–Crippen LogP) is 2.54. The molecule has 0 aliphatic carbocycles. The first kappa shape index (κ1) is 15.0. The van der Waals surface area contributed by atoms with E-state index in [0.29, 0.717) is 24.7 Å². The number of imidazole rings is 1. The Kier molecular flexibility index (Phi) is 4.57. The van der Waals surface area contributed by atoms with Gasteiger partial charge < -0.3 is 0 Å². The number of hydrogen-bond acceptors (Lipinski definition) is 3. The summed E-state index contributed by atoms with van der Waals surface area (Å²) < 4.78 is 1.85. The fourth-order valence-electron chi connectivity index (χ4n) is 2.21. The van der Waals surface area contributed by atoms with Crippen LogP contribution in [0.1, 0.15) is 38.7 Å². The van der Waals surface area contributed by atoms with Crippen LogP contribution < -0.4 is 10.2 Å². The van der Waals surface area contributed by atoms with E-state index in [-0.39, 0.29) is 0 Å². The molecule has 0 unspecified atom stereocenters. The number of carbonyl (C=O) groups is 2. The molecule has 6 heteroatoms. The minimum absolute atomic E-state index is 0.394. The molecule has 6 nitrogen and oxygen atoms in total. The first-order chi connectivity index (χ1) is 10.1. The molecule has 0 spiro atoms. The molecule has 0 saturated carbocycles. The van der Waals surface area contributed by atoms with Gasteiger partial charge in [-0.15, -0.1) is 0 Å². The zero-order valence-electron chi connectivity index (χ0n) is 12.5. The SMILES string of the molecule is CCCN(C(=O)NC=O)c1cnc2cc(C(C)C)ccn12. The van der Waals surface area contributed by atoms with Gasteiger partial charge >= 0.3 is 6.03 Å². The minimum atomic E-state index is -0.443. The number of urea groups is 1. The van der Waals surface area contributed by atoms with Crippen LogP contribution >= 0.6 is 0 Å². The fraction of sp³-hybridized carbons (Fsp3) is 0.400. The maximum Gasteiger partial charge on any atom is 0.329 e. The van der Waals surface area contributed by atoms with Crippen molar-refractivity contribution < 1.29 is 9.59 Å². The normalized spacial score (nSPS) is 10.9. The second kappa shape index (κ2) is 6.39. The molecule has 2 heterocycles. The molecule has 0 aromatic carbocycles. The van der Waals surface area contributed by atoms with Gasteiger partial charge in [0.05, 0.1) is 6.20 Å². The quantitative estimate of drug-likeness (QED) is 0.860. The minimum Gasteiger partial charge on any atom is -0.286 e. The van der Waals surface area contributed by atoms with Crippen molar-refractivity contribution in [1.82, 2.24) is 14.7 Å². The molecule has 0 bridgehead atoms. The van der Waals surface area contributed by atoms with Crippen molar-refractivity contribution in [2.45, 2.75) is 33.1 Å². The summed E-state index contributed by atoms with van der Waals surface area (Å²) in [6.45, 7) is 6.73. The highest BCUT2D eigenvalue weighted by Gasteiger charge is 2.18. The summed E-state index contributed by atoms with van der Waals surface area (Å²) in [7, 11) is 0. The first-order valence-corrected chi connectivity index (χ1v) is 7.07. The lowest BCUT2D eigenvalue weighted by Gasteiger charge is -2.20. The molecule has 2 aromatic rings. The maximum atomic E-state index is 12.0. The van der Waals surface area contributed by atoms with E-state index in [1.54, 1.807) is 6.20 Å². The molecule has 0 saturated heterocycles. The lowest BCUT2D eigenvalue weighted by atomic mass is 10.1. The van der Waals surface area contributed by atoms with Crippen molar-refractivity contribution in [1.29, 1.82) is 0 Å². The van der Waals surface area contributed by atoms with Crippen LogP contribution in [-0.2, 0) is 4.79 Å². The fourth-order valence-corrected chi connectivity index (χ4v) is 2.21. The summed E-state index contributed by atoms with van der Waals surface area (Å²) in [5.41, 5.74) is 1.98. The number of fused-ring (bicyclic) bond motifs is 1. The Bertz CT molecular complexity index is 648. The number of nitrogens with zero attached hydrogens (tertiary/aromatic N) is 3. The van der Waals surface area contributed by atoms with E-state index in [2.05, 4.69) is 24.1 Å². The molecule has 0 radical (unpaired) electrons. The van der Waals surface area contributed by atoms with Gasteiger partial charge in [-0.05, 0) is 30.0 Å². The largest absolute Gasteiger partial charge is 0.329 e. The van der Waals surface area contributed by atoms with Crippen LogP contribution in [0, 0.1) is 0 Å². The van der Waals surface area contributed by atoms with Crippen molar-refractivity contribution in [2.75, 3.05) is 11.4 Å². The molecule has 2 rings (SSSR count). The van der Waals surface area contributed by atoms with Crippen LogP contribution in [0.4, 0.5) is 10.6 Å². The van der Waals surface area contributed by atoms with Gasteiger partial charge in [0.15, 0.2) is 0 Å². The molecule has 112 valence electrons. The second-order valence-electron chi connectivity index (χ2n) is 5.18. The van der Waals surface area contributed by atoms with Crippen LogP contribution in [-0.4, -0.2) is 28.4 Å². The number of rotatable bonds is 5. The monoisotopic (exact) mass is 288 g/mol. The van der Waals surface area contributed by atoms with Gasteiger partial charge in [0.2, 0.25) is 6.41 Å². The van der Waals surface area contributed by atoms with Crippen LogP contribution in [0.15, 0.2) is 24.5 Å². The second-order valence-corrected chi connectivity index (χ2v) is 5.18. The van der Waals surface area contributed by atoms with Gasteiger partial charge in [-0.2, -0.15) is 0 Å². The molecule has 21 heavy (non-hydrogen) atoms. The Morgan fingerprint density at radius 1 is 1.52 bits per heavy atom. The van der Waals surface area contributed by atoms with E-state index in [1.807, 2.05) is 29.7 Å². The summed E-state index contributed by atoms with van der Waals surface area (Å²) in [5.74, 6) is 1.07. The lowest BCUT2D eigenvalue weighted by Crippen LogP contribution is -2.40. The topological polar surface area (TPSA) is 66.7 Å². The van der Waals surface area contributed by atoms with Gasteiger partial charge in [0, 0.05) is 12.7 Å². The maximum absolute atomic E-state index is 12.0. The Morgan fingerprint density at radius 2 is 2.29 bits per heavy atom. The van der Waals surface area contributed by atoms with Crippen LogP contribution in [0.2, 0.25) is 0 Å². The summed E-state index contributed by atoms with van der Waals surface area (Å²) in [5, 5.41) is 2.18. The van der Waals surface area contributed by atoms with Crippen molar-refractivity contribution in [3.05, 3.63) is 30.1 Å². The molecule has 1 N–H and O–H groups in total. The predicted molar refractivity (Wildman–Crippen MR) is 81.5 cm³/mol. The van der Waals surface area contributed by atoms with Gasteiger partial charge in [-0.1, -0.05) is 20.8 Å². The Balaban J connectivity index is 2.43. The molecule has 2 aromatic heterocycles. The highest BCUT2D eigenvalue weighted by molar-refractivity contribution is 5.97. The molecule has 0 aliphatic rings. The Morgan fingerprint density at radius 3 is 2.90 bits per heavy atom. The molecule has 0 aliphatic heterocycles. The number of amides is 3. The number of anilines is 1. The van der Waals surface area contributed by atoms with Crippen LogP contribution in [0.25, 0.3) is 5.65 Å². The van der Waals surface area contributed by atoms with E-state index < -0.39 is 6.03 Å². The van der Waals surface area contributed by atoms with Crippen LogP contribution in [0.3, 0.4) is 0 Å². The number of hydrogen-bond donors (Lipinski definition) is 1. The lowest BCUT2D eigenvalue weighted by molar-refractivity contribution is -0.108. The standard InChI is InChI=1S/C15H20N4O2/c1-4-6-19(15(21)17-10-20)14-9-16-13-8-12(11(2)3)5-7-18(13)14/h5,7-11H,4,6H2,1-3H3,(H,17,20,21). The molecular weight excluding hydrogens is 268 g/mol. The van der Waals surface area contributed by atoms with E-state index in [1.165, 1.54) is 10.5 Å². The average Bonchev–Trinajstić information content (AvgIpc) is 2.87. The van der Waals surface area contributed by atoms with Crippen LogP contribution in [0.5, 0.6) is 0 Å². The van der Waals surface area contributed by atoms with E-state index >= 15 is 0 Å². The number of imide groups is 1. The number of pyridine rings is 1. The van der Waals surface area contributed by atoms with E-state index in [4.69, 9.17) is 0 Å². The first-order valence-electron chi connectivity index (χ1n) is 7.07. The van der Waals surface area contributed by atoms with Crippen molar-refractivity contribution in [3.63, 3.8) is 0 Å². The summed E-state index contributed by atoms with van der Waals surface area (Å²) in [6, 6.07) is 3.59. The Labute approximate surface area is 123 Å². The van der Waals surface area contributed by atoms with Crippen molar-refractivity contribution in [2.24, 2.45) is 0 Å². The third-order valence-electron chi connectivity index (χ3n) is 3.34. The van der Waals surface area contributed by atoms with Gasteiger partial charge in [0.25, 0.3) is 0 Å². The molecular formula is C15H20N4O2. The zero-order chi connectivity index (χ0) is 15.4. The van der Waals surface area contributed by atoms with Gasteiger partial charge in [-0.25, -0.2) is 9.78 Å². The number of aromatic nitrogens is 2. The number of carbonyl (C=O) groups excluding carboxylic acids is 2. The highest BCUT2D eigenvalue weighted by Crippen LogP contribution is 2.21. The average molecular weight is 288 g/mol. The van der Waals surface area contributed by atoms with Crippen molar-refractivity contribution >= 4 is 23.9 Å². The zero-order valence-corrected chi connectivity index (χ0v) is 12.5. The third-order valence-corrected chi connectivity index (χ3v) is 3.34. The number of nitrogens with one attached hydrogen (secondary N) is 1. The smallest absolute Gasteiger partial charge is 0.286 e. The summed E-state index contributed by atoms with van der Waals surface area (Å²) >= 11 is 0. The molecule has 0 atom stereocenters. The van der Waals surface area contributed by atoms with Crippen molar-refractivity contribution in [3.8, 4) is 0 Å². The summed E-state index contributed by atoms with van der Waals surface area (Å²) in [4.78, 5) is 28.4. The van der Waals surface area contributed by atoms with E-state index in [9.17, 15) is 9.59 Å². The summed E-state index contributed by atoms with van der Waals surface area (Å²) in [6.07, 6.45) is 4.73. The third kappa shape index (κ3) is 3.04. The Hall–Kier alpha value is -2.37. The van der Waals surface area contributed by atoms with E-state index in [0.717, 1.165) is 12.1 Å². The van der Waals surface area contributed by atoms with Gasteiger partial charge in [-0.3, -0.25) is 19.4 Å². The molecule has 0 fully saturated rings. The molecule has 3 amide bonds. The highest BCUT2D eigenvalue weighted by atomic mass is 16.2.